The van der Waals surface area contributed by atoms with Crippen molar-refractivity contribution in [1.82, 2.24) is 9.38 Å². The van der Waals surface area contributed by atoms with Crippen LogP contribution in [0.25, 0.3) is 61.2 Å². The zero-order chi connectivity index (χ0) is 23.4. The molecule has 0 saturated carbocycles. The quantitative estimate of drug-likeness (QED) is 0.258. The zero-order valence-electron chi connectivity index (χ0n) is 18.7. The van der Waals surface area contributed by atoms with E-state index < -0.39 is 0 Å². The number of halogens is 1. The van der Waals surface area contributed by atoms with Gasteiger partial charge in [0, 0.05) is 33.1 Å². The Bertz CT molecular complexity index is 1850. The molecule has 0 amide bonds. The molecule has 0 N–H and O–H groups in total. The van der Waals surface area contributed by atoms with Gasteiger partial charge in [0.1, 0.15) is 16.8 Å². The molecule has 7 aromatic rings. The summed E-state index contributed by atoms with van der Waals surface area (Å²) < 4.78 is 8.25. The molecule has 3 aromatic heterocycles. The number of nitrogens with zero attached hydrogens (tertiary/aromatic N) is 2. The Morgan fingerprint density at radius 1 is 0.657 bits per heavy atom. The van der Waals surface area contributed by atoms with E-state index in [2.05, 4.69) is 53.1 Å². The summed E-state index contributed by atoms with van der Waals surface area (Å²) in [6.07, 6.45) is 2.07. The highest BCUT2D eigenvalue weighted by Crippen LogP contribution is 2.39. The maximum atomic E-state index is 6.32. The maximum Gasteiger partial charge on any atom is 0.137 e. The van der Waals surface area contributed by atoms with Crippen LogP contribution in [0.1, 0.15) is 0 Å². The van der Waals surface area contributed by atoms with Gasteiger partial charge in [0.2, 0.25) is 0 Å². The molecular formula is C31H19ClN2O. The lowest BCUT2D eigenvalue weighted by molar-refractivity contribution is 0.669. The van der Waals surface area contributed by atoms with Crippen molar-refractivity contribution in [1.29, 1.82) is 0 Å². The summed E-state index contributed by atoms with van der Waals surface area (Å²) in [6.45, 7) is 0. The minimum absolute atomic E-state index is 0.700. The van der Waals surface area contributed by atoms with Crippen molar-refractivity contribution in [3.8, 4) is 33.6 Å². The lowest BCUT2D eigenvalue weighted by Crippen LogP contribution is -1.89. The first-order chi connectivity index (χ1) is 17.3. The summed E-state index contributed by atoms with van der Waals surface area (Å²) in [6, 6.07) is 37.1. The van der Waals surface area contributed by atoms with E-state index in [4.69, 9.17) is 21.0 Å². The van der Waals surface area contributed by atoms with E-state index in [1.165, 1.54) is 0 Å². The van der Waals surface area contributed by atoms with E-state index in [0.29, 0.717) is 5.02 Å². The smallest absolute Gasteiger partial charge is 0.137 e. The molecule has 0 radical (unpaired) electrons. The molecule has 3 heterocycles. The van der Waals surface area contributed by atoms with Crippen molar-refractivity contribution in [3.05, 3.63) is 120 Å². The molecule has 0 aliphatic rings. The first kappa shape index (κ1) is 20.1. The molecule has 0 saturated heterocycles. The van der Waals surface area contributed by atoms with Gasteiger partial charge in [0.05, 0.1) is 11.4 Å². The van der Waals surface area contributed by atoms with Crippen LogP contribution in [0.15, 0.2) is 120 Å². The van der Waals surface area contributed by atoms with E-state index in [1.54, 1.807) is 0 Å². The number of benzene rings is 4. The predicted molar refractivity (Wildman–Crippen MR) is 144 cm³/mol. The standard InChI is InChI=1S/C31H19ClN2O/c32-23-16-17-26-25(19-23)29-24(9-6-10-27(29)35-26)20-12-14-22(15-13-20)31-30(21-7-2-1-3-8-21)33-28-11-4-5-18-34(28)31/h1-19H. The molecule has 4 aromatic carbocycles. The van der Waals surface area contributed by atoms with Crippen molar-refractivity contribution in [2.45, 2.75) is 0 Å². The highest BCUT2D eigenvalue weighted by molar-refractivity contribution is 6.32. The molecule has 4 heteroatoms. The summed E-state index contributed by atoms with van der Waals surface area (Å²) in [5.74, 6) is 0. The number of furan rings is 1. The van der Waals surface area contributed by atoms with Crippen LogP contribution in [0, 0.1) is 0 Å². The minimum Gasteiger partial charge on any atom is -0.456 e. The number of rotatable bonds is 3. The Morgan fingerprint density at radius 2 is 1.46 bits per heavy atom. The normalized spacial score (nSPS) is 11.6. The lowest BCUT2D eigenvalue weighted by Gasteiger charge is -2.09. The first-order valence-electron chi connectivity index (χ1n) is 11.5. The molecule has 0 aliphatic heterocycles. The molecule has 3 nitrogen and oxygen atoms in total. The number of pyridine rings is 1. The van der Waals surface area contributed by atoms with Crippen LogP contribution in [-0.2, 0) is 0 Å². The van der Waals surface area contributed by atoms with Crippen LogP contribution < -0.4 is 0 Å². The van der Waals surface area contributed by atoms with Crippen molar-refractivity contribution >= 4 is 39.2 Å². The molecular weight excluding hydrogens is 452 g/mol. The second-order valence-corrected chi connectivity index (χ2v) is 9.04. The van der Waals surface area contributed by atoms with Gasteiger partial charge >= 0.3 is 0 Å². The van der Waals surface area contributed by atoms with E-state index >= 15 is 0 Å². The average molecular weight is 471 g/mol. The second kappa shape index (κ2) is 7.86. The molecule has 0 spiro atoms. The molecule has 35 heavy (non-hydrogen) atoms. The highest BCUT2D eigenvalue weighted by atomic mass is 35.5. The summed E-state index contributed by atoms with van der Waals surface area (Å²) in [7, 11) is 0. The number of hydrogen-bond acceptors (Lipinski definition) is 2. The Balaban J connectivity index is 1.41. The topological polar surface area (TPSA) is 30.4 Å². The predicted octanol–water partition coefficient (Wildman–Crippen LogP) is 8.89. The SMILES string of the molecule is Clc1ccc2oc3cccc(-c4ccc(-c5c(-c6ccccc6)nc6ccccn56)cc4)c3c2c1. The maximum absolute atomic E-state index is 6.32. The summed E-state index contributed by atoms with van der Waals surface area (Å²) >= 11 is 6.32. The largest absolute Gasteiger partial charge is 0.456 e. The van der Waals surface area contributed by atoms with Crippen LogP contribution in [0.2, 0.25) is 5.02 Å². The Labute approximate surface area is 206 Å². The van der Waals surface area contributed by atoms with Gasteiger partial charge in [0.25, 0.3) is 0 Å². The molecule has 7 rings (SSSR count). The third-order valence-corrected chi connectivity index (χ3v) is 6.74. The van der Waals surface area contributed by atoms with Gasteiger partial charge in [0.15, 0.2) is 0 Å². The average Bonchev–Trinajstić information content (AvgIpc) is 3.48. The van der Waals surface area contributed by atoms with Crippen LogP contribution in [-0.4, -0.2) is 9.38 Å². The monoisotopic (exact) mass is 470 g/mol. The van der Waals surface area contributed by atoms with Crippen LogP contribution in [0.4, 0.5) is 0 Å². The fourth-order valence-electron chi connectivity index (χ4n) is 4.92. The van der Waals surface area contributed by atoms with Gasteiger partial charge in [-0.2, -0.15) is 0 Å². The number of fused-ring (bicyclic) bond motifs is 4. The molecule has 166 valence electrons. The number of imidazole rings is 1. The Hall–Kier alpha value is -4.34. The van der Waals surface area contributed by atoms with Crippen LogP contribution >= 0.6 is 11.6 Å². The van der Waals surface area contributed by atoms with Gasteiger partial charge in [-0.3, -0.25) is 4.40 Å². The molecule has 0 fully saturated rings. The third kappa shape index (κ3) is 3.24. The highest BCUT2D eigenvalue weighted by Gasteiger charge is 2.17. The minimum atomic E-state index is 0.700. The fraction of sp³-hybridized carbons (Fsp3) is 0. The summed E-state index contributed by atoms with van der Waals surface area (Å²) in [4.78, 5) is 4.95. The van der Waals surface area contributed by atoms with Gasteiger partial charge < -0.3 is 4.42 Å². The lowest BCUT2D eigenvalue weighted by atomic mass is 9.97. The van der Waals surface area contributed by atoms with Crippen LogP contribution in [0.5, 0.6) is 0 Å². The second-order valence-electron chi connectivity index (χ2n) is 8.60. The summed E-state index contributed by atoms with van der Waals surface area (Å²) in [5.41, 5.74) is 9.13. The third-order valence-electron chi connectivity index (χ3n) is 6.50. The zero-order valence-corrected chi connectivity index (χ0v) is 19.4. The first-order valence-corrected chi connectivity index (χ1v) is 11.9. The molecule has 0 unspecified atom stereocenters. The van der Waals surface area contributed by atoms with E-state index in [1.807, 2.05) is 66.7 Å². The van der Waals surface area contributed by atoms with Crippen molar-refractivity contribution in [2.75, 3.05) is 0 Å². The van der Waals surface area contributed by atoms with E-state index in [-0.39, 0.29) is 0 Å². The summed E-state index contributed by atoms with van der Waals surface area (Å²) in [5, 5.41) is 2.81. The Kier molecular flexibility index (Phi) is 4.51. The van der Waals surface area contributed by atoms with Gasteiger partial charge in [-0.15, -0.1) is 0 Å². The number of aromatic nitrogens is 2. The van der Waals surface area contributed by atoms with Gasteiger partial charge in [-0.05, 0) is 47.5 Å². The van der Waals surface area contributed by atoms with Gasteiger partial charge in [-0.25, -0.2) is 4.98 Å². The van der Waals surface area contributed by atoms with Crippen LogP contribution in [0.3, 0.4) is 0 Å². The van der Waals surface area contributed by atoms with Crippen molar-refractivity contribution in [3.63, 3.8) is 0 Å². The molecule has 0 atom stereocenters. The fourth-order valence-corrected chi connectivity index (χ4v) is 5.09. The van der Waals surface area contributed by atoms with E-state index in [9.17, 15) is 0 Å². The molecule has 0 aliphatic carbocycles. The number of hydrogen-bond donors (Lipinski definition) is 0. The van der Waals surface area contributed by atoms with Crippen molar-refractivity contribution < 1.29 is 4.42 Å². The van der Waals surface area contributed by atoms with Gasteiger partial charge in [-0.1, -0.05) is 84.4 Å². The molecule has 0 bridgehead atoms. The Morgan fingerprint density at radius 3 is 2.31 bits per heavy atom. The van der Waals surface area contributed by atoms with E-state index in [0.717, 1.165) is 61.2 Å². The van der Waals surface area contributed by atoms with Crippen molar-refractivity contribution in [2.24, 2.45) is 0 Å².